The summed E-state index contributed by atoms with van der Waals surface area (Å²) in [4.78, 5) is 7.18. The minimum absolute atomic E-state index is 0.377. The van der Waals surface area contributed by atoms with Gasteiger partial charge < -0.3 is 0 Å². The highest BCUT2D eigenvalue weighted by Crippen LogP contribution is 2.37. The first-order valence-electron chi connectivity index (χ1n) is 6.06. The van der Waals surface area contributed by atoms with Crippen molar-refractivity contribution >= 4 is 11.8 Å². The van der Waals surface area contributed by atoms with Crippen molar-refractivity contribution in [3.8, 4) is 0 Å². The lowest BCUT2D eigenvalue weighted by Crippen LogP contribution is -2.26. The number of hydrogen-bond acceptors (Lipinski definition) is 3. The van der Waals surface area contributed by atoms with E-state index in [-0.39, 0.29) is 0 Å². The maximum Gasteiger partial charge on any atom is 0.0790 e. The molecule has 0 aromatic heterocycles. The lowest BCUT2D eigenvalue weighted by atomic mass is 10.1. The van der Waals surface area contributed by atoms with E-state index in [9.17, 15) is 0 Å². The van der Waals surface area contributed by atoms with Crippen LogP contribution in [0.3, 0.4) is 0 Å². The molecular formula is C13H17NOS. The Bertz CT molecular complexity index is 363. The predicted octanol–water partition coefficient (Wildman–Crippen LogP) is 3.30. The first-order chi connectivity index (χ1) is 7.93. The smallest absolute Gasteiger partial charge is 0.0790 e. The molecule has 86 valence electrons. The Morgan fingerprint density at radius 1 is 1.19 bits per heavy atom. The molecular weight excluding hydrogens is 218 g/mol. The predicted molar refractivity (Wildman–Crippen MR) is 66.4 cm³/mol. The fourth-order valence-electron chi connectivity index (χ4n) is 2.44. The number of nitrogens with one attached hydrogen (secondary N) is 1. The van der Waals surface area contributed by atoms with Gasteiger partial charge in [0.1, 0.15) is 0 Å². The van der Waals surface area contributed by atoms with Crippen LogP contribution in [0.15, 0.2) is 29.2 Å². The molecule has 3 rings (SSSR count). The van der Waals surface area contributed by atoms with E-state index >= 15 is 0 Å². The van der Waals surface area contributed by atoms with Gasteiger partial charge in [0, 0.05) is 10.6 Å². The minimum Gasteiger partial charge on any atom is -0.298 e. The second kappa shape index (κ2) is 4.78. The average molecular weight is 235 g/mol. The van der Waals surface area contributed by atoms with Crippen molar-refractivity contribution in [2.24, 2.45) is 0 Å². The number of benzene rings is 1. The van der Waals surface area contributed by atoms with Crippen LogP contribution >= 0.6 is 11.8 Å². The molecule has 1 atom stereocenters. The van der Waals surface area contributed by atoms with Crippen molar-refractivity contribution in [2.75, 3.05) is 5.75 Å². The van der Waals surface area contributed by atoms with Gasteiger partial charge in [-0.25, -0.2) is 0 Å². The van der Waals surface area contributed by atoms with Crippen molar-refractivity contribution in [1.82, 2.24) is 5.48 Å². The zero-order valence-electron chi connectivity index (χ0n) is 9.32. The Hall–Kier alpha value is -0.510. The molecule has 1 aromatic carbocycles. The maximum atomic E-state index is 5.78. The molecule has 0 amide bonds. The van der Waals surface area contributed by atoms with E-state index in [1.54, 1.807) is 0 Å². The Kier molecular flexibility index (Phi) is 3.18. The van der Waals surface area contributed by atoms with Gasteiger partial charge in [0.15, 0.2) is 0 Å². The standard InChI is InChI=1S/C13H17NOS/c1-2-6-10(5-1)15-14-12-9-16-13-8-4-3-7-11(12)13/h3-4,7-8,10,12,14H,1-2,5-6,9H2. The molecule has 1 saturated carbocycles. The van der Waals surface area contributed by atoms with Crippen molar-refractivity contribution in [1.29, 1.82) is 0 Å². The molecule has 1 aliphatic heterocycles. The van der Waals surface area contributed by atoms with Crippen LogP contribution in [0, 0.1) is 0 Å². The number of hydrogen-bond donors (Lipinski definition) is 1. The Balaban J connectivity index is 1.60. The third kappa shape index (κ3) is 2.12. The van der Waals surface area contributed by atoms with Gasteiger partial charge in [0.05, 0.1) is 12.1 Å². The van der Waals surface area contributed by atoms with Gasteiger partial charge in [0.2, 0.25) is 0 Å². The number of fused-ring (bicyclic) bond motifs is 1. The monoisotopic (exact) mass is 235 g/mol. The van der Waals surface area contributed by atoms with Crippen LogP contribution in [0.25, 0.3) is 0 Å². The van der Waals surface area contributed by atoms with E-state index < -0.39 is 0 Å². The molecule has 1 N–H and O–H groups in total. The van der Waals surface area contributed by atoms with E-state index in [2.05, 4.69) is 29.7 Å². The lowest BCUT2D eigenvalue weighted by Gasteiger charge is -2.17. The third-order valence-electron chi connectivity index (χ3n) is 3.38. The Morgan fingerprint density at radius 3 is 2.88 bits per heavy atom. The highest BCUT2D eigenvalue weighted by atomic mass is 32.2. The Morgan fingerprint density at radius 2 is 2.00 bits per heavy atom. The molecule has 16 heavy (non-hydrogen) atoms. The van der Waals surface area contributed by atoms with Crippen LogP contribution in [0.5, 0.6) is 0 Å². The molecule has 2 aliphatic rings. The fraction of sp³-hybridized carbons (Fsp3) is 0.538. The van der Waals surface area contributed by atoms with E-state index in [0.717, 1.165) is 5.75 Å². The van der Waals surface area contributed by atoms with E-state index in [1.165, 1.54) is 36.1 Å². The summed E-state index contributed by atoms with van der Waals surface area (Å²) in [5, 5.41) is 0. The Labute approximate surface area is 101 Å². The summed E-state index contributed by atoms with van der Waals surface area (Å²) in [6, 6.07) is 8.98. The normalized spacial score (nSPS) is 24.9. The lowest BCUT2D eigenvalue weighted by molar-refractivity contribution is -0.0366. The zero-order chi connectivity index (χ0) is 10.8. The van der Waals surface area contributed by atoms with E-state index in [4.69, 9.17) is 4.84 Å². The third-order valence-corrected chi connectivity index (χ3v) is 4.56. The first-order valence-corrected chi connectivity index (χ1v) is 7.05. The zero-order valence-corrected chi connectivity index (χ0v) is 10.1. The van der Waals surface area contributed by atoms with Crippen molar-refractivity contribution in [3.63, 3.8) is 0 Å². The molecule has 1 fully saturated rings. The molecule has 0 bridgehead atoms. The summed E-state index contributed by atoms with van der Waals surface area (Å²) >= 11 is 1.92. The van der Waals surface area contributed by atoms with Crippen molar-refractivity contribution in [3.05, 3.63) is 29.8 Å². The van der Waals surface area contributed by atoms with Crippen LogP contribution in [0.2, 0.25) is 0 Å². The molecule has 0 radical (unpaired) electrons. The average Bonchev–Trinajstić information content (AvgIpc) is 2.96. The summed E-state index contributed by atoms with van der Waals surface area (Å²) in [5.41, 5.74) is 4.65. The van der Waals surface area contributed by atoms with Crippen LogP contribution < -0.4 is 5.48 Å². The highest BCUT2D eigenvalue weighted by Gasteiger charge is 2.24. The fourth-order valence-corrected chi connectivity index (χ4v) is 3.59. The summed E-state index contributed by atoms with van der Waals surface area (Å²) in [6.07, 6.45) is 5.52. The quantitative estimate of drug-likeness (QED) is 0.812. The summed E-state index contributed by atoms with van der Waals surface area (Å²) in [7, 11) is 0. The number of hydroxylamine groups is 1. The van der Waals surface area contributed by atoms with Gasteiger partial charge in [-0.1, -0.05) is 31.0 Å². The number of rotatable bonds is 3. The summed E-state index contributed by atoms with van der Waals surface area (Å²) in [5.74, 6) is 1.09. The maximum absolute atomic E-state index is 5.78. The van der Waals surface area contributed by atoms with Crippen molar-refractivity contribution in [2.45, 2.75) is 42.7 Å². The van der Waals surface area contributed by atoms with Gasteiger partial charge in [-0.3, -0.25) is 4.84 Å². The first kappa shape index (κ1) is 10.6. The van der Waals surface area contributed by atoms with Gasteiger partial charge in [0.25, 0.3) is 0 Å². The molecule has 3 heteroatoms. The van der Waals surface area contributed by atoms with Crippen LogP contribution in [-0.4, -0.2) is 11.9 Å². The van der Waals surface area contributed by atoms with Crippen LogP contribution in [-0.2, 0) is 4.84 Å². The van der Waals surface area contributed by atoms with E-state index in [0.29, 0.717) is 12.1 Å². The molecule has 1 aromatic rings. The molecule has 0 spiro atoms. The second-order valence-electron chi connectivity index (χ2n) is 4.54. The summed E-state index contributed by atoms with van der Waals surface area (Å²) < 4.78 is 0. The highest BCUT2D eigenvalue weighted by molar-refractivity contribution is 7.99. The van der Waals surface area contributed by atoms with Crippen LogP contribution in [0.4, 0.5) is 0 Å². The second-order valence-corrected chi connectivity index (χ2v) is 5.61. The van der Waals surface area contributed by atoms with Gasteiger partial charge in [-0.05, 0) is 24.5 Å². The van der Waals surface area contributed by atoms with Crippen LogP contribution in [0.1, 0.15) is 37.3 Å². The van der Waals surface area contributed by atoms with E-state index in [1.807, 2.05) is 11.8 Å². The molecule has 2 nitrogen and oxygen atoms in total. The SMILES string of the molecule is c1ccc2c(c1)SCC2NOC1CCCC1. The summed E-state index contributed by atoms with van der Waals surface area (Å²) in [6.45, 7) is 0. The largest absolute Gasteiger partial charge is 0.298 e. The molecule has 1 unspecified atom stereocenters. The van der Waals surface area contributed by atoms with Crippen molar-refractivity contribution < 1.29 is 4.84 Å². The number of thioether (sulfide) groups is 1. The van der Waals surface area contributed by atoms with Gasteiger partial charge in [-0.2, -0.15) is 5.48 Å². The molecule has 0 saturated heterocycles. The van der Waals surface area contributed by atoms with Gasteiger partial charge in [-0.15, -0.1) is 11.8 Å². The minimum atomic E-state index is 0.377. The topological polar surface area (TPSA) is 21.3 Å². The van der Waals surface area contributed by atoms with Gasteiger partial charge >= 0.3 is 0 Å². The molecule has 1 heterocycles. The molecule has 1 aliphatic carbocycles.